The molecule has 4 rings (SSSR count). The number of benzene rings is 3. The summed E-state index contributed by atoms with van der Waals surface area (Å²) in [6, 6.07) is 26.6. The SMILES string of the molecule is CCC(C)c1ccc(Cn2c(-c3cccc(C#N)c3)csc2=Nc2cccc(OC)c2)cc1. The molecular formula is C28H27N3OS. The predicted octanol–water partition coefficient (Wildman–Crippen LogP) is 6.89. The molecular weight excluding hydrogens is 426 g/mol. The average molecular weight is 454 g/mol. The van der Waals surface area contributed by atoms with Crippen molar-refractivity contribution in [1.29, 1.82) is 5.26 Å². The Hall–Kier alpha value is -3.62. The van der Waals surface area contributed by atoms with Crippen molar-refractivity contribution in [2.24, 2.45) is 4.99 Å². The molecule has 0 fully saturated rings. The van der Waals surface area contributed by atoms with Crippen molar-refractivity contribution >= 4 is 17.0 Å². The number of nitrogens with zero attached hydrogens (tertiary/aromatic N) is 3. The number of nitriles is 1. The van der Waals surface area contributed by atoms with Crippen LogP contribution in [-0.4, -0.2) is 11.7 Å². The molecule has 1 atom stereocenters. The van der Waals surface area contributed by atoms with Crippen molar-refractivity contribution in [3.8, 4) is 23.1 Å². The number of hydrogen-bond acceptors (Lipinski definition) is 4. The minimum absolute atomic E-state index is 0.552. The molecule has 5 heteroatoms. The molecule has 33 heavy (non-hydrogen) atoms. The summed E-state index contributed by atoms with van der Waals surface area (Å²) in [5.74, 6) is 1.33. The maximum absolute atomic E-state index is 9.37. The van der Waals surface area contributed by atoms with E-state index in [1.165, 1.54) is 11.1 Å². The molecule has 0 saturated carbocycles. The van der Waals surface area contributed by atoms with Crippen LogP contribution in [0.1, 0.15) is 42.9 Å². The van der Waals surface area contributed by atoms with Gasteiger partial charge in [-0.2, -0.15) is 5.26 Å². The zero-order valence-electron chi connectivity index (χ0n) is 19.2. The third kappa shape index (κ3) is 5.24. The van der Waals surface area contributed by atoms with Gasteiger partial charge in [0, 0.05) is 17.0 Å². The van der Waals surface area contributed by atoms with E-state index in [2.05, 4.69) is 54.1 Å². The van der Waals surface area contributed by atoms with Crippen molar-refractivity contribution < 1.29 is 4.74 Å². The Labute approximate surface area is 199 Å². The minimum Gasteiger partial charge on any atom is -0.497 e. The number of rotatable bonds is 7. The summed E-state index contributed by atoms with van der Waals surface area (Å²) in [5.41, 5.74) is 6.12. The van der Waals surface area contributed by atoms with Crippen LogP contribution in [0.4, 0.5) is 5.69 Å². The van der Waals surface area contributed by atoms with E-state index >= 15 is 0 Å². The van der Waals surface area contributed by atoms with Gasteiger partial charge < -0.3 is 9.30 Å². The van der Waals surface area contributed by atoms with Crippen LogP contribution in [-0.2, 0) is 6.54 Å². The molecule has 3 aromatic carbocycles. The summed E-state index contributed by atoms with van der Waals surface area (Å²) in [6.45, 7) is 5.17. The van der Waals surface area contributed by atoms with Crippen LogP contribution < -0.4 is 9.54 Å². The van der Waals surface area contributed by atoms with E-state index in [-0.39, 0.29) is 0 Å². The normalized spacial score (nSPS) is 12.4. The fourth-order valence-corrected chi connectivity index (χ4v) is 4.64. The van der Waals surface area contributed by atoms with E-state index < -0.39 is 0 Å². The van der Waals surface area contributed by atoms with Crippen molar-refractivity contribution in [1.82, 2.24) is 4.57 Å². The lowest BCUT2D eigenvalue weighted by Crippen LogP contribution is -2.16. The number of hydrogen-bond donors (Lipinski definition) is 0. The number of ether oxygens (including phenoxy) is 1. The van der Waals surface area contributed by atoms with Crippen molar-refractivity contribution in [2.45, 2.75) is 32.7 Å². The molecule has 4 nitrogen and oxygen atoms in total. The molecule has 0 aliphatic carbocycles. The highest BCUT2D eigenvalue weighted by Gasteiger charge is 2.11. The second-order valence-electron chi connectivity index (χ2n) is 8.05. The van der Waals surface area contributed by atoms with Gasteiger partial charge in [-0.1, -0.05) is 56.3 Å². The highest BCUT2D eigenvalue weighted by molar-refractivity contribution is 7.07. The summed E-state index contributed by atoms with van der Waals surface area (Å²) in [5, 5.41) is 11.5. The van der Waals surface area contributed by atoms with E-state index in [0.29, 0.717) is 18.0 Å². The van der Waals surface area contributed by atoms with Gasteiger partial charge in [0.15, 0.2) is 4.80 Å². The molecule has 1 aromatic heterocycles. The second kappa shape index (κ2) is 10.3. The van der Waals surface area contributed by atoms with Gasteiger partial charge in [0.25, 0.3) is 0 Å². The van der Waals surface area contributed by atoms with Crippen molar-refractivity contribution in [3.63, 3.8) is 0 Å². The molecule has 0 aliphatic rings. The highest BCUT2D eigenvalue weighted by atomic mass is 32.1. The van der Waals surface area contributed by atoms with Crippen molar-refractivity contribution in [3.05, 3.63) is 99.7 Å². The largest absolute Gasteiger partial charge is 0.497 e. The van der Waals surface area contributed by atoms with Crippen LogP contribution in [0.2, 0.25) is 0 Å². The molecule has 166 valence electrons. The maximum Gasteiger partial charge on any atom is 0.190 e. The standard InChI is InChI=1S/C28H27N3OS/c1-4-20(2)23-13-11-21(12-14-23)18-31-27(24-8-5-7-22(15-24)17-29)19-33-28(31)30-25-9-6-10-26(16-25)32-3/h5-16,19-20H,4,18H2,1-3H3. The molecule has 0 bridgehead atoms. The summed E-state index contributed by atoms with van der Waals surface area (Å²) < 4.78 is 7.59. The number of methoxy groups -OCH3 is 1. The van der Waals surface area contributed by atoms with Gasteiger partial charge in [0.1, 0.15) is 5.75 Å². The molecule has 0 spiro atoms. The number of aromatic nitrogens is 1. The first kappa shape index (κ1) is 22.6. The monoisotopic (exact) mass is 453 g/mol. The van der Waals surface area contributed by atoms with Gasteiger partial charge in [-0.3, -0.25) is 0 Å². The third-order valence-electron chi connectivity index (χ3n) is 5.86. The topological polar surface area (TPSA) is 50.3 Å². The molecule has 0 aliphatic heterocycles. The Balaban J connectivity index is 1.80. The molecule has 1 unspecified atom stereocenters. The van der Waals surface area contributed by atoms with Crippen molar-refractivity contribution in [2.75, 3.05) is 7.11 Å². The Morgan fingerprint density at radius 3 is 2.58 bits per heavy atom. The Kier molecular flexibility index (Phi) is 7.07. The average Bonchev–Trinajstić information content (AvgIpc) is 3.25. The lowest BCUT2D eigenvalue weighted by molar-refractivity contribution is 0.415. The van der Waals surface area contributed by atoms with Gasteiger partial charge in [-0.15, -0.1) is 11.3 Å². The predicted molar refractivity (Wildman–Crippen MR) is 135 cm³/mol. The fourth-order valence-electron chi connectivity index (χ4n) is 3.71. The smallest absolute Gasteiger partial charge is 0.190 e. The summed E-state index contributed by atoms with van der Waals surface area (Å²) in [4.78, 5) is 5.83. The van der Waals surface area contributed by atoms with Gasteiger partial charge in [-0.25, -0.2) is 4.99 Å². The first-order valence-electron chi connectivity index (χ1n) is 11.1. The maximum atomic E-state index is 9.37. The molecule has 0 saturated heterocycles. The van der Waals surface area contributed by atoms with Gasteiger partial charge in [0.05, 0.1) is 36.7 Å². The third-order valence-corrected chi connectivity index (χ3v) is 6.73. The summed E-state index contributed by atoms with van der Waals surface area (Å²) in [7, 11) is 1.66. The van der Waals surface area contributed by atoms with E-state index in [9.17, 15) is 5.26 Å². The Morgan fingerprint density at radius 1 is 1.06 bits per heavy atom. The van der Waals surface area contributed by atoms with Crippen LogP contribution in [0, 0.1) is 11.3 Å². The van der Waals surface area contributed by atoms with Gasteiger partial charge in [-0.05, 0) is 47.7 Å². The summed E-state index contributed by atoms with van der Waals surface area (Å²) in [6.07, 6.45) is 1.13. The zero-order valence-corrected chi connectivity index (χ0v) is 20.0. The van der Waals surface area contributed by atoms with Crippen LogP contribution in [0.25, 0.3) is 11.3 Å². The fraction of sp³-hybridized carbons (Fsp3) is 0.214. The van der Waals surface area contributed by atoms with Gasteiger partial charge >= 0.3 is 0 Å². The van der Waals surface area contributed by atoms with Crippen LogP contribution in [0.15, 0.2) is 83.2 Å². The molecule has 1 heterocycles. The lowest BCUT2D eigenvalue weighted by atomic mass is 9.97. The quantitative estimate of drug-likeness (QED) is 0.306. The van der Waals surface area contributed by atoms with Gasteiger partial charge in [0.2, 0.25) is 0 Å². The zero-order chi connectivity index (χ0) is 23.2. The van der Waals surface area contributed by atoms with E-state index in [0.717, 1.165) is 33.9 Å². The molecule has 0 amide bonds. The molecule has 4 aromatic rings. The van der Waals surface area contributed by atoms with Crippen LogP contribution in [0.3, 0.4) is 0 Å². The lowest BCUT2D eigenvalue weighted by Gasteiger charge is -2.12. The first-order valence-corrected chi connectivity index (χ1v) is 12.0. The molecule has 0 N–H and O–H groups in total. The second-order valence-corrected chi connectivity index (χ2v) is 8.88. The Bertz CT molecular complexity index is 1340. The van der Waals surface area contributed by atoms with E-state index in [1.807, 2.05) is 48.5 Å². The first-order chi connectivity index (χ1) is 16.1. The summed E-state index contributed by atoms with van der Waals surface area (Å²) >= 11 is 1.60. The van der Waals surface area contributed by atoms with E-state index in [4.69, 9.17) is 9.73 Å². The number of thiazole rings is 1. The Morgan fingerprint density at radius 2 is 1.85 bits per heavy atom. The minimum atomic E-state index is 0.552. The van der Waals surface area contributed by atoms with Crippen LogP contribution in [0.5, 0.6) is 5.75 Å². The molecule has 0 radical (unpaired) electrons. The van der Waals surface area contributed by atoms with E-state index in [1.54, 1.807) is 18.4 Å². The van der Waals surface area contributed by atoms with Crippen LogP contribution >= 0.6 is 11.3 Å². The highest BCUT2D eigenvalue weighted by Crippen LogP contribution is 2.25.